The summed E-state index contributed by atoms with van der Waals surface area (Å²) in [6.07, 6.45) is 3.57. The maximum absolute atomic E-state index is 11.5. The van der Waals surface area contributed by atoms with Gasteiger partial charge in [-0.2, -0.15) is 0 Å². The first-order valence-corrected chi connectivity index (χ1v) is 4.39. The zero-order valence-corrected chi connectivity index (χ0v) is 8.09. The van der Waals surface area contributed by atoms with E-state index in [2.05, 4.69) is 0 Å². The number of allylic oxidation sites excluding steroid dienone is 2. The Hall–Kier alpha value is -1.58. The molecule has 0 amide bonds. The number of hydrogen-bond donors (Lipinski definition) is 1. The van der Waals surface area contributed by atoms with Crippen LogP contribution in [0.3, 0.4) is 0 Å². The van der Waals surface area contributed by atoms with E-state index in [1.54, 1.807) is 26.0 Å². The fraction of sp³-hybridized carbons (Fsp3) is 0.400. The fourth-order valence-electron chi connectivity index (χ4n) is 1.45. The third kappa shape index (κ3) is 1.43. The lowest BCUT2D eigenvalue weighted by molar-refractivity contribution is -0.205. The first kappa shape index (κ1) is 8.99. The summed E-state index contributed by atoms with van der Waals surface area (Å²) in [7, 11) is 0. The predicted molar refractivity (Wildman–Crippen MR) is 49.8 cm³/mol. The molecule has 2 aliphatic rings. The normalized spacial score (nSPS) is 24.1. The molecule has 0 fully saturated rings. The molecule has 4 nitrogen and oxygen atoms in total. The van der Waals surface area contributed by atoms with Gasteiger partial charge in [-0.3, -0.25) is 0 Å². The van der Waals surface area contributed by atoms with Crippen LogP contribution < -0.4 is 0 Å². The minimum atomic E-state index is -0.903. The van der Waals surface area contributed by atoms with Gasteiger partial charge in [0.05, 0.1) is 5.57 Å². The molecule has 1 heterocycles. The average molecular weight is 193 g/mol. The molecule has 1 aliphatic heterocycles. The summed E-state index contributed by atoms with van der Waals surface area (Å²) in [4.78, 5) is 11.5. The van der Waals surface area contributed by atoms with Crippen LogP contribution in [0.5, 0.6) is 0 Å². The molecule has 1 aliphatic carbocycles. The largest absolute Gasteiger partial charge is 0.452 e. The van der Waals surface area contributed by atoms with Crippen molar-refractivity contribution < 1.29 is 14.3 Å². The molecule has 4 heteroatoms. The Morgan fingerprint density at radius 2 is 2.07 bits per heavy atom. The van der Waals surface area contributed by atoms with E-state index in [0.29, 0.717) is 23.5 Å². The Balaban J connectivity index is 2.39. The van der Waals surface area contributed by atoms with Crippen LogP contribution in [-0.4, -0.2) is 17.5 Å². The molecule has 0 unspecified atom stereocenters. The Kier molecular flexibility index (Phi) is 1.74. The van der Waals surface area contributed by atoms with Crippen molar-refractivity contribution in [1.82, 2.24) is 0 Å². The van der Waals surface area contributed by atoms with Gasteiger partial charge in [-0.15, -0.1) is 0 Å². The summed E-state index contributed by atoms with van der Waals surface area (Å²) in [6.45, 7) is 3.37. The van der Waals surface area contributed by atoms with Gasteiger partial charge >= 0.3 is 5.97 Å². The molecule has 0 aromatic carbocycles. The molecule has 0 aromatic heterocycles. The first-order valence-electron chi connectivity index (χ1n) is 4.39. The van der Waals surface area contributed by atoms with Gasteiger partial charge in [-0.05, 0) is 12.2 Å². The molecule has 0 aromatic rings. The van der Waals surface area contributed by atoms with Crippen LogP contribution in [0.2, 0.25) is 0 Å². The molecule has 0 saturated carbocycles. The van der Waals surface area contributed by atoms with E-state index < -0.39 is 5.79 Å². The topological polar surface area (TPSA) is 59.4 Å². The number of carbonyl (C=O) groups is 1. The number of nitrogens with one attached hydrogen (secondary N) is 1. The maximum atomic E-state index is 11.5. The molecule has 14 heavy (non-hydrogen) atoms. The summed E-state index contributed by atoms with van der Waals surface area (Å²) < 4.78 is 10.5. The standard InChI is InChI=1S/C10H11NO3/c1-10(2)13-8-4-3-6(11)5-7(8)9(12)14-10/h3-4,11H,5H2,1-2H3. The van der Waals surface area contributed by atoms with Crippen LogP contribution in [0.4, 0.5) is 0 Å². The minimum absolute atomic E-state index is 0.292. The zero-order valence-electron chi connectivity index (χ0n) is 8.09. The number of cyclic esters (lactones) is 1. The molecule has 74 valence electrons. The highest BCUT2D eigenvalue weighted by Crippen LogP contribution is 2.31. The van der Waals surface area contributed by atoms with Gasteiger partial charge in [0.1, 0.15) is 5.76 Å². The number of esters is 1. The smallest absolute Gasteiger partial charge is 0.341 e. The third-order valence-electron chi connectivity index (χ3n) is 2.04. The van der Waals surface area contributed by atoms with Crippen LogP contribution >= 0.6 is 0 Å². The van der Waals surface area contributed by atoms with Crippen molar-refractivity contribution in [3.63, 3.8) is 0 Å². The van der Waals surface area contributed by atoms with Gasteiger partial charge in [0.25, 0.3) is 0 Å². The number of hydrogen-bond acceptors (Lipinski definition) is 4. The van der Waals surface area contributed by atoms with Crippen LogP contribution in [-0.2, 0) is 14.3 Å². The van der Waals surface area contributed by atoms with Crippen LogP contribution in [0, 0.1) is 5.41 Å². The van der Waals surface area contributed by atoms with Crippen LogP contribution in [0.15, 0.2) is 23.5 Å². The molecule has 0 radical (unpaired) electrons. The summed E-state index contributed by atoms with van der Waals surface area (Å²) in [5, 5.41) is 7.42. The van der Waals surface area contributed by atoms with Gasteiger partial charge in [0, 0.05) is 26.0 Å². The Bertz CT molecular complexity index is 377. The molecular weight excluding hydrogens is 182 g/mol. The van der Waals surface area contributed by atoms with Crippen molar-refractivity contribution >= 4 is 11.7 Å². The van der Waals surface area contributed by atoms with Crippen molar-refractivity contribution in [1.29, 1.82) is 5.41 Å². The van der Waals surface area contributed by atoms with E-state index in [0.717, 1.165) is 0 Å². The maximum Gasteiger partial charge on any atom is 0.341 e. The third-order valence-corrected chi connectivity index (χ3v) is 2.04. The Morgan fingerprint density at radius 1 is 1.36 bits per heavy atom. The van der Waals surface area contributed by atoms with Crippen LogP contribution in [0.25, 0.3) is 0 Å². The summed E-state index contributed by atoms with van der Waals surface area (Å²) in [5.74, 6) is -0.757. The number of carbonyl (C=O) groups excluding carboxylic acids is 1. The summed E-state index contributed by atoms with van der Waals surface area (Å²) in [6, 6.07) is 0. The highest BCUT2D eigenvalue weighted by atomic mass is 16.7. The zero-order chi connectivity index (χ0) is 10.3. The van der Waals surface area contributed by atoms with Gasteiger partial charge in [0.15, 0.2) is 0 Å². The number of rotatable bonds is 0. The van der Waals surface area contributed by atoms with Gasteiger partial charge in [-0.1, -0.05) is 0 Å². The van der Waals surface area contributed by atoms with Crippen molar-refractivity contribution in [3.8, 4) is 0 Å². The van der Waals surface area contributed by atoms with E-state index in [-0.39, 0.29) is 5.97 Å². The van der Waals surface area contributed by atoms with E-state index in [4.69, 9.17) is 14.9 Å². The van der Waals surface area contributed by atoms with E-state index in [1.165, 1.54) is 0 Å². The summed E-state index contributed by atoms with van der Waals surface area (Å²) >= 11 is 0. The van der Waals surface area contributed by atoms with E-state index in [9.17, 15) is 4.79 Å². The van der Waals surface area contributed by atoms with E-state index in [1.807, 2.05) is 0 Å². The van der Waals surface area contributed by atoms with Gasteiger partial charge in [0.2, 0.25) is 5.79 Å². The van der Waals surface area contributed by atoms with Crippen molar-refractivity contribution in [2.24, 2.45) is 0 Å². The molecule has 0 spiro atoms. The van der Waals surface area contributed by atoms with Crippen molar-refractivity contribution in [2.75, 3.05) is 0 Å². The second-order valence-corrected chi connectivity index (χ2v) is 3.77. The van der Waals surface area contributed by atoms with Gasteiger partial charge < -0.3 is 14.9 Å². The van der Waals surface area contributed by atoms with Crippen LogP contribution in [0.1, 0.15) is 20.3 Å². The van der Waals surface area contributed by atoms with Crippen molar-refractivity contribution in [2.45, 2.75) is 26.1 Å². The second-order valence-electron chi connectivity index (χ2n) is 3.77. The average Bonchev–Trinajstić information content (AvgIpc) is 2.05. The lowest BCUT2D eigenvalue weighted by atomic mass is 10.0. The first-order chi connectivity index (χ1) is 6.48. The lowest BCUT2D eigenvalue weighted by Gasteiger charge is -2.33. The molecule has 0 saturated heterocycles. The molecule has 2 rings (SSSR count). The molecule has 1 N–H and O–H groups in total. The minimum Gasteiger partial charge on any atom is -0.452 e. The van der Waals surface area contributed by atoms with Crippen molar-refractivity contribution in [3.05, 3.63) is 23.5 Å². The second kappa shape index (κ2) is 2.70. The van der Waals surface area contributed by atoms with Gasteiger partial charge in [-0.25, -0.2) is 4.79 Å². The Labute approximate surface area is 81.7 Å². The van der Waals surface area contributed by atoms with E-state index >= 15 is 0 Å². The fourth-order valence-corrected chi connectivity index (χ4v) is 1.45. The summed E-state index contributed by atoms with van der Waals surface area (Å²) in [5.41, 5.74) is 0.834. The molecule has 0 bridgehead atoms. The lowest BCUT2D eigenvalue weighted by Crippen LogP contribution is -2.37. The highest BCUT2D eigenvalue weighted by molar-refractivity contribution is 6.04. The monoisotopic (exact) mass is 193 g/mol. The predicted octanol–water partition coefficient (Wildman–Crippen LogP) is 1.53. The quantitative estimate of drug-likeness (QED) is 0.593. The SMILES string of the molecule is CC1(C)OC(=O)C2=C(C=CC(=N)C2)O1. The Morgan fingerprint density at radius 3 is 2.79 bits per heavy atom. The molecular formula is C10H11NO3. The highest BCUT2D eigenvalue weighted by Gasteiger charge is 2.36. The molecule has 0 atom stereocenters. The number of ether oxygens (including phenoxy) is 2.